The molecule has 0 bridgehead atoms. The lowest BCUT2D eigenvalue weighted by Crippen LogP contribution is -1.93. The predicted molar refractivity (Wildman–Crippen MR) is 121 cm³/mol. The number of nitrogens with zero attached hydrogens (tertiary/aromatic N) is 3. The first-order valence-corrected chi connectivity index (χ1v) is 10.3. The first kappa shape index (κ1) is 17.9. The second-order valence-corrected chi connectivity index (χ2v) is 8.05. The number of hydrogen-bond donors (Lipinski definition) is 1. The molecule has 0 unspecified atom stereocenters. The SMILES string of the molecule is CNSc1cccc2c(-c3cnn4cc(-c5ccc(C)cc5)cnc34)cccc12. The molecule has 0 aliphatic carbocycles. The van der Waals surface area contributed by atoms with E-state index in [1.165, 1.54) is 21.2 Å². The van der Waals surface area contributed by atoms with E-state index in [2.05, 4.69) is 77.4 Å². The lowest BCUT2D eigenvalue weighted by Gasteiger charge is -2.09. The zero-order valence-electron chi connectivity index (χ0n) is 16.3. The van der Waals surface area contributed by atoms with Gasteiger partial charge in [0.1, 0.15) is 0 Å². The molecule has 0 saturated carbocycles. The molecular weight excluding hydrogens is 376 g/mol. The summed E-state index contributed by atoms with van der Waals surface area (Å²) in [6, 6.07) is 21.3. The second-order valence-electron chi connectivity index (χ2n) is 7.00. The third kappa shape index (κ3) is 3.18. The van der Waals surface area contributed by atoms with Gasteiger partial charge in [0.25, 0.3) is 0 Å². The molecule has 5 rings (SSSR count). The molecular formula is C24H20N4S. The van der Waals surface area contributed by atoms with Gasteiger partial charge < -0.3 is 0 Å². The average Bonchev–Trinajstić information content (AvgIpc) is 3.17. The molecule has 3 aromatic carbocycles. The molecule has 0 radical (unpaired) electrons. The number of aryl methyl sites for hydroxylation is 1. The molecule has 5 aromatic rings. The summed E-state index contributed by atoms with van der Waals surface area (Å²) in [7, 11) is 1.94. The maximum atomic E-state index is 4.76. The number of rotatable bonds is 4. The van der Waals surface area contributed by atoms with Crippen molar-refractivity contribution >= 4 is 28.4 Å². The van der Waals surface area contributed by atoms with Crippen LogP contribution in [0.4, 0.5) is 0 Å². The van der Waals surface area contributed by atoms with E-state index in [0.29, 0.717) is 0 Å². The van der Waals surface area contributed by atoms with E-state index in [1.54, 1.807) is 11.9 Å². The van der Waals surface area contributed by atoms with Gasteiger partial charge in [0.2, 0.25) is 0 Å². The van der Waals surface area contributed by atoms with Gasteiger partial charge in [-0.2, -0.15) is 5.10 Å². The van der Waals surface area contributed by atoms with Crippen molar-refractivity contribution in [3.8, 4) is 22.3 Å². The molecule has 0 atom stereocenters. The highest BCUT2D eigenvalue weighted by molar-refractivity contribution is 7.97. The van der Waals surface area contributed by atoms with Crippen molar-refractivity contribution in [2.75, 3.05) is 7.05 Å². The summed E-state index contributed by atoms with van der Waals surface area (Å²) in [5, 5.41) is 7.02. The minimum Gasteiger partial charge on any atom is -0.263 e. The molecule has 4 nitrogen and oxygen atoms in total. The predicted octanol–water partition coefficient (Wildman–Crippen LogP) is 5.75. The molecule has 1 N–H and O–H groups in total. The van der Waals surface area contributed by atoms with E-state index in [-0.39, 0.29) is 0 Å². The summed E-state index contributed by atoms with van der Waals surface area (Å²) in [6.07, 6.45) is 5.89. The molecule has 0 amide bonds. The number of nitrogens with one attached hydrogen (secondary N) is 1. The van der Waals surface area contributed by atoms with Crippen LogP contribution < -0.4 is 4.72 Å². The first-order chi connectivity index (χ1) is 14.2. The molecule has 0 aliphatic heterocycles. The number of aromatic nitrogens is 3. The van der Waals surface area contributed by atoms with Gasteiger partial charge in [0, 0.05) is 28.4 Å². The van der Waals surface area contributed by atoms with Crippen molar-refractivity contribution in [2.24, 2.45) is 0 Å². The fourth-order valence-corrected chi connectivity index (χ4v) is 4.33. The van der Waals surface area contributed by atoms with Crippen LogP contribution in [0.3, 0.4) is 0 Å². The molecule has 0 saturated heterocycles. The van der Waals surface area contributed by atoms with Gasteiger partial charge in [-0.05, 0) is 53.9 Å². The third-order valence-corrected chi connectivity index (χ3v) is 5.91. The van der Waals surface area contributed by atoms with Gasteiger partial charge in [-0.3, -0.25) is 4.72 Å². The molecule has 142 valence electrons. The van der Waals surface area contributed by atoms with E-state index in [9.17, 15) is 0 Å². The van der Waals surface area contributed by atoms with Crippen LogP contribution in [0.15, 0.2) is 84.1 Å². The monoisotopic (exact) mass is 396 g/mol. The Morgan fingerprint density at radius 1 is 0.828 bits per heavy atom. The number of hydrogen-bond acceptors (Lipinski definition) is 4. The fourth-order valence-electron chi connectivity index (χ4n) is 3.67. The Labute approximate surface area is 173 Å². The van der Waals surface area contributed by atoms with Crippen molar-refractivity contribution in [3.63, 3.8) is 0 Å². The van der Waals surface area contributed by atoms with E-state index < -0.39 is 0 Å². The van der Waals surface area contributed by atoms with Gasteiger partial charge in [0.05, 0.1) is 6.20 Å². The van der Waals surface area contributed by atoms with Gasteiger partial charge in [-0.1, -0.05) is 60.2 Å². The van der Waals surface area contributed by atoms with Crippen LogP contribution >= 0.6 is 11.9 Å². The number of benzene rings is 3. The molecule has 0 spiro atoms. The highest BCUT2D eigenvalue weighted by atomic mass is 32.2. The quantitative estimate of drug-likeness (QED) is 0.393. The highest BCUT2D eigenvalue weighted by Crippen LogP contribution is 2.35. The van der Waals surface area contributed by atoms with Crippen LogP contribution in [0.25, 0.3) is 38.7 Å². The molecule has 5 heteroatoms. The summed E-state index contributed by atoms with van der Waals surface area (Å²) >= 11 is 1.63. The third-order valence-electron chi connectivity index (χ3n) is 5.13. The van der Waals surface area contributed by atoms with Crippen molar-refractivity contribution < 1.29 is 0 Å². The van der Waals surface area contributed by atoms with E-state index in [4.69, 9.17) is 4.98 Å². The van der Waals surface area contributed by atoms with E-state index >= 15 is 0 Å². The Balaban J connectivity index is 1.65. The second kappa shape index (κ2) is 7.35. The van der Waals surface area contributed by atoms with Crippen LogP contribution in [0.2, 0.25) is 0 Å². The van der Waals surface area contributed by atoms with Gasteiger partial charge in [-0.25, -0.2) is 9.50 Å². The molecule has 2 heterocycles. The van der Waals surface area contributed by atoms with Gasteiger partial charge in [-0.15, -0.1) is 0 Å². The summed E-state index contributed by atoms with van der Waals surface area (Å²) < 4.78 is 5.04. The van der Waals surface area contributed by atoms with E-state index in [1.807, 2.05) is 30.2 Å². The Morgan fingerprint density at radius 3 is 2.45 bits per heavy atom. The molecule has 29 heavy (non-hydrogen) atoms. The Morgan fingerprint density at radius 2 is 1.62 bits per heavy atom. The molecule has 0 aliphatic rings. The maximum absolute atomic E-state index is 4.76. The Kier molecular flexibility index (Phi) is 4.54. The number of fused-ring (bicyclic) bond motifs is 2. The van der Waals surface area contributed by atoms with Gasteiger partial charge in [0.15, 0.2) is 5.65 Å². The summed E-state index contributed by atoms with van der Waals surface area (Å²) in [5.41, 5.74) is 6.49. The molecule has 2 aromatic heterocycles. The summed E-state index contributed by atoms with van der Waals surface area (Å²) in [6.45, 7) is 2.09. The first-order valence-electron chi connectivity index (χ1n) is 9.51. The lowest BCUT2D eigenvalue weighted by molar-refractivity contribution is 0.941. The zero-order chi connectivity index (χ0) is 19.8. The van der Waals surface area contributed by atoms with Crippen LogP contribution in [0, 0.1) is 6.92 Å². The van der Waals surface area contributed by atoms with Crippen molar-refractivity contribution in [2.45, 2.75) is 11.8 Å². The standard InChI is InChI=1S/C24H20N4S/c1-16-9-11-17(12-10-16)18-13-26-24-22(14-27-28(24)15-18)20-5-3-7-21-19(20)6-4-8-23(21)29-25-2/h3-15,25H,1-2H3. The summed E-state index contributed by atoms with van der Waals surface area (Å²) in [5.74, 6) is 0. The topological polar surface area (TPSA) is 42.2 Å². The van der Waals surface area contributed by atoms with Crippen molar-refractivity contribution in [3.05, 3.63) is 84.8 Å². The van der Waals surface area contributed by atoms with Crippen LogP contribution in [-0.2, 0) is 0 Å². The minimum absolute atomic E-state index is 0.861. The average molecular weight is 397 g/mol. The maximum Gasteiger partial charge on any atom is 0.162 e. The van der Waals surface area contributed by atoms with Crippen LogP contribution in [0.1, 0.15) is 5.56 Å². The van der Waals surface area contributed by atoms with Gasteiger partial charge >= 0.3 is 0 Å². The highest BCUT2D eigenvalue weighted by Gasteiger charge is 2.13. The zero-order valence-corrected chi connectivity index (χ0v) is 17.1. The largest absolute Gasteiger partial charge is 0.263 e. The van der Waals surface area contributed by atoms with Crippen molar-refractivity contribution in [1.82, 2.24) is 19.3 Å². The minimum atomic E-state index is 0.861. The van der Waals surface area contributed by atoms with Crippen LogP contribution in [-0.4, -0.2) is 21.6 Å². The Hall–Kier alpha value is -3.15. The van der Waals surface area contributed by atoms with E-state index in [0.717, 1.165) is 27.9 Å². The van der Waals surface area contributed by atoms with Crippen LogP contribution in [0.5, 0.6) is 0 Å². The van der Waals surface area contributed by atoms with Crippen molar-refractivity contribution in [1.29, 1.82) is 0 Å². The normalized spacial score (nSPS) is 11.4. The fraction of sp³-hybridized carbons (Fsp3) is 0.0833. The summed E-state index contributed by atoms with van der Waals surface area (Å²) in [4.78, 5) is 5.97. The Bertz CT molecular complexity index is 1320. The lowest BCUT2D eigenvalue weighted by atomic mass is 10.00. The smallest absolute Gasteiger partial charge is 0.162 e. The molecule has 0 fully saturated rings.